The molecule has 6 nitrogen and oxygen atoms in total. The third kappa shape index (κ3) is 2.90. The molecule has 1 atom stereocenters. The van der Waals surface area contributed by atoms with Crippen molar-refractivity contribution in [2.45, 2.75) is 24.3 Å². The number of amides is 1. The Balaban J connectivity index is 2.32. The SMILES string of the molecule is Cc1cccnc1-n1c(S[C@H](C)C(N)=O)nc2ccccc2c1=O. The average molecular weight is 340 g/mol. The number of carbonyl (C=O) groups is 1. The summed E-state index contributed by atoms with van der Waals surface area (Å²) >= 11 is 1.15. The van der Waals surface area contributed by atoms with Crippen LogP contribution in [0.3, 0.4) is 0 Å². The maximum absolute atomic E-state index is 13.0. The maximum Gasteiger partial charge on any atom is 0.267 e. The van der Waals surface area contributed by atoms with Crippen LogP contribution in [0.2, 0.25) is 0 Å². The number of pyridine rings is 1. The van der Waals surface area contributed by atoms with Crippen molar-refractivity contribution >= 4 is 28.6 Å². The number of primary amides is 1. The van der Waals surface area contributed by atoms with Crippen molar-refractivity contribution in [3.05, 3.63) is 58.5 Å². The monoisotopic (exact) mass is 340 g/mol. The van der Waals surface area contributed by atoms with Gasteiger partial charge in [-0.1, -0.05) is 30.0 Å². The van der Waals surface area contributed by atoms with Crippen LogP contribution in [-0.4, -0.2) is 25.7 Å². The highest BCUT2D eigenvalue weighted by Crippen LogP contribution is 2.25. The van der Waals surface area contributed by atoms with Gasteiger partial charge in [0.1, 0.15) is 5.82 Å². The van der Waals surface area contributed by atoms with Gasteiger partial charge in [-0.25, -0.2) is 14.5 Å². The number of aromatic nitrogens is 3. The van der Waals surface area contributed by atoms with E-state index in [-0.39, 0.29) is 5.56 Å². The minimum Gasteiger partial charge on any atom is -0.369 e. The topological polar surface area (TPSA) is 90.9 Å². The molecule has 0 spiro atoms. The van der Waals surface area contributed by atoms with Gasteiger partial charge in [0.05, 0.1) is 16.2 Å². The predicted octanol–water partition coefficient (Wildman–Crippen LogP) is 2.06. The van der Waals surface area contributed by atoms with Crippen LogP contribution in [0.1, 0.15) is 12.5 Å². The molecule has 3 rings (SSSR count). The van der Waals surface area contributed by atoms with E-state index in [1.165, 1.54) is 4.57 Å². The minimum absolute atomic E-state index is 0.221. The normalized spacial score (nSPS) is 12.2. The van der Waals surface area contributed by atoms with Crippen molar-refractivity contribution in [2.75, 3.05) is 0 Å². The smallest absolute Gasteiger partial charge is 0.267 e. The average Bonchev–Trinajstić information content (AvgIpc) is 2.56. The highest BCUT2D eigenvalue weighted by Gasteiger charge is 2.19. The summed E-state index contributed by atoms with van der Waals surface area (Å²) < 4.78 is 1.45. The Bertz CT molecular complexity index is 984. The van der Waals surface area contributed by atoms with Crippen LogP contribution in [0.15, 0.2) is 52.5 Å². The zero-order valence-corrected chi connectivity index (χ0v) is 14.1. The third-order valence-corrected chi connectivity index (χ3v) is 4.69. The van der Waals surface area contributed by atoms with Crippen molar-refractivity contribution < 1.29 is 4.79 Å². The maximum atomic E-state index is 13.0. The standard InChI is InChI=1S/C17H16N4O2S/c1-10-6-5-9-19-15(10)21-16(23)12-7-3-4-8-13(12)20-17(21)24-11(2)14(18)22/h3-9,11H,1-2H3,(H2,18,22)/t11-/m1/s1. The van der Waals surface area contributed by atoms with Gasteiger partial charge in [-0.05, 0) is 37.6 Å². The van der Waals surface area contributed by atoms with Crippen molar-refractivity contribution in [1.29, 1.82) is 0 Å². The van der Waals surface area contributed by atoms with E-state index in [0.29, 0.717) is 21.9 Å². The lowest BCUT2D eigenvalue weighted by Gasteiger charge is -2.15. The largest absolute Gasteiger partial charge is 0.369 e. The van der Waals surface area contributed by atoms with Crippen LogP contribution < -0.4 is 11.3 Å². The van der Waals surface area contributed by atoms with Crippen molar-refractivity contribution in [1.82, 2.24) is 14.5 Å². The number of hydrogen-bond donors (Lipinski definition) is 1. The molecule has 122 valence electrons. The highest BCUT2D eigenvalue weighted by molar-refractivity contribution is 8.00. The lowest BCUT2D eigenvalue weighted by Crippen LogP contribution is -2.27. The van der Waals surface area contributed by atoms with Gasteiger partial charge in [-0.2, -0.15) is 0 Å². The summed E-state index contributed by atoms with van der Waals surface area (Å²) in [6, 6.07) is 10.8. The fourth-order valence-corrected chi connectivity index (χ4v) is 3.16. The van der Waals surface area contributed by atoms with Gasteiger partial charge >= 0.3 is 0 Å². The first-order valence-corrected chi connectivity index (χ1v) is 8.26. The molecule has 0 aliphatic heterocycles. The molecule has 0 radical (unpaired) electrons. The lowest BCUT2D eigenvalue weighted by atomic mass is 10.2. The molecule has 1 aromatic carbocycles. The minimum atomic E-state index is -0.520. The number of rotatable bonds is 4. The van der Waals surface area contributed by atoms with Crippen LogP contribution in [0.5, 0.6) is 0 Å². The number of aryl methyl sites for hydroxylation is 1. The Morgan fingerprint density at radius 1 is 1.25 bits per heavy atom. The first kappa shape index (κ1) is 16.2. The van der Waals surface area contributed by atoms with Gasteiger partial charge in [0.2, 0.25) is 5.91 Å². The molecule has 0 aliphatic rings. The number of benzene rings is 1. The second kappa shape index (κ2) is 6.45. The Morgan fingerprint density at radius 2 is 2.00 bits per heavy atom. The van der Waals surface area contributed by atoms with E-state index in [9.17, 15) is 9.59 Å². The van der Waals surface area contributed by atoms with Crippen molar-refractivity contribution in [3.63, 3.8) is 0 Å². The van der Waals surface area contributed by atoms with E-state index < -0.39 is 11.2 Å². The molecule has 0 unspecified atom stereocenters. The van der Waals surface area contributed by atoms with E-state index in [4.69, 9.17) is 5.73 Å². The summed E-state index contributed by atoms with van der Waals surface area (Å²) in [4.78, 5) is 33.3. The molecule has 0 bridgehead atoms. The third-order valence-electron chi connectivity index (χ3n) is 3.62. The molecule has 2 N–H and O–H groups in total. The summed E-state index contributed by atoms with van der Waals surface area (Å²) in [5.41, 5.74) is 6.56. The van der Waals surface area contributed by atoms with Crippen LogP contribution in [-0.2, 0) is 4.79 Å². The zero-order chi connectivity index (χ0) is 17.3. The van der Waals surface area contributed by atoms with Crippen molar-refractivity contribution in [2.24, 2.45) is 5.73 Å². The number of thioether (sulfide) groups is 1. The summed E-state index contributed by atoms with van der Waals surface area (Å²) in [5, 5.41) is 0.374. The Labute approximate surface area is 142 Å². The molecule has 2 heterocycles. The zero-order valence-electron chi connectivity index (χ0n) is 13.3. The first-order chi connectivity index (χ1) is 11.5. The summed E-state index contributed by atoms with van der Waals surface area (Å²) in [6.07, 6.45) is 1.62. The van der Waals surface area contributed by atoms with E-state index in [2.05, 4.69) is 9.97 Å². The molecular weight excluding hydrogens is 324 g/mol. The predicted molar refractivity (Wildman–Crippen MR) is 94.4 cm³/mol. The Hall–Kier alpha value is -2.67. The van der Waals surface area contributed by atoms with E-state index >= 15 is 0 Å². The molecule has 7 heteroatoms. The fourth-order valence-electron chi connectivity index (χ4n) is 2.31. The number of nitrogens with two attached hydrogens (primary N) is 1. The Kier molecular flexibility index (Phi) is 4.35. The molecule has 24 heavy (non-hydrogen) atoms. The van der Waals surface area contributed by atoms with Crippen LogP contribution in [0, 0.1) is 6.92 Å². The molecule has 0 saturated carbocycles. The van der Waals surface area contributed by atoms with E-state index in [1.54, 1.807) is 37.4 Å². The number of fused-ring (bicyclic) bond motifs is 1. The molecule has 2 aromatic heterocycles. The van der Waals surface area contributed by atoms with Gasteiger partial charge in [-0.15, -0.1) is 0 Å². The quantitative estimate of drug-likeness (QED) is 0.580. The number of nitrogens with zero attached hydrogens (tertiary/aromatic N) is 3. The lowest BCUT2D eigenvalue weighted by molar-refractivity contribution is -0.117. The second-order valence-corrected chi connectivity index (χ2v) is 6.67. The Morgan fingerprint density at radius 3 is 2.71 bits per heavy atom. The first-order valence-electron chi connectivity index (χ1n) is 7.39. The summed E-state index contributed by atoms with van der Waals surface area (Å²) in [6.45, 7) is 3.56. The molecular formula is C17H16N4O2S. The van der Waals surface area contributed by atoms with Crippen LogP contribution in [0.25, 0.3) is 16.7 Å². The summed E-state index contributed by atoms with van der Waals surface area (Å²) in [7, 11) is 0. The van der Waals surface area contributed by atoms with Gasteiger partial charge in [0.15, 0.2) is 5.16 Å². The number of para-hydroxylation sites is 1. The highest BCUT2D eigenvalue weighted by atomic mass is 32.2. The number of carbonyl (C=O) groups excluding carboxylic acids is 1. The fraction of sp³-hybridized carbons (Fsp3) is 0.176. The van der Waals surface area contributed by atoms with Gasteiger partial charge in [0, 0.05) is 6.20 Å². The molecule has 0 fully saturated rings. The van der Waals surface area contributed by atoms with Gasteiger partial charge in [-0.3, -0.25) is 9.59 Å². The van der Waals surface area contributed by atoms with E-state index in [0.717, 1.165) is 17.3 Å². The van der Waals surface area contributed by atoms with Gasteiger partial charge in [0.25, 0.3) is 5.56 Å². The van der Waals surface area contributed by atoms with E-state index in [1.807, 2.05) is 19.1 Å². The van der Waals surface area contributed by atoms with Crippen LogP contribution >= 0.6 is 11.8 Å². The molecule has 0 aliphatic carbocycles. The van der Waals surface area contributed by atoms with Gasteiger partial charge < -0.3 is 5.73 Å². The second-order valence-electron chi connectivity index (χ2n) is 5.36. The molecule has 3 aromatic rings. The van der Waals surface area contributed by atoms with Crippen LogP contribution in [0.4, 0.5) is 0 Å². The van der Waals surface area contributed by atoms with Crippen molar-refractivity contribution in [3.8, 4) is 5.82 Å². The number of hydrogen-bond acceptors (Lipinski definition) is 5. The summed E-state index contributed by atoms with van der Waals surface area (Å²) in [5.74, 6) is 0.0339. The molecule has 1 amide bonds. The molecule has 0 saturated heterocycles.